The highest BCUT2D eigenvalue weighted by Gasteiger charge is 2.14. The quantitative estimate of drug-likeness (QED) is 0.658. The van der Waals surface area contributed by atoms with Gasteiger partial charge in [-0.15, -0.1) is 0 Å². The standard InChI is InChI=1S/C17H18N2O3/c20-17(6-2-5-11-19-9-3-1-4-10-19)18-14-7-8-15-16(12-14)22-13-21-15/h1,3-4,7-10,12H,2,5-6,11,13H2/p+1. The van der Waals surface area contributed by atoms with Gasteiger partial charge in [0.25, 0.3) is 0 Å². The smallest absolute Gasteiger partial charge is 0.231 e. The molecular weight excluding hydrogens is 280 g/mol. The van der Waals surface area contributed by atoms with Crippen LogP contribution in [-0.2, 0) is 11.3 Å². The van der Waals surface area contributed by atoms with Crippen LogP contribution in [0.4, 0.5) is 5.69 Å². The first-order valence-electron chi connectivity index (χ1n) is 7.45. The minimum atomic E-state index is 0.0249. The van der Waals surface area contributed by atoms with Gasteiger partial charge in [-0.1, -0.05) is 6.07 Å². The number of pyridine rings is 1. The number of nitrogens with zero attached hydrogens (tertiary/aromatic N) is 1. The molecular formula is C17H19N2O3+. The number of aryl methyl sites for hydroxylation is 1. The Kier molecular flexibility index (Phi) is 4.53. The molecule has 0 atom stereocenters. The Balaban J connectivity index is 1.41. The van der Waals surface area contributed by atoms with Crippen molar-refractivity contribution in [2.24, 2.45) is 0 Å². The van der Waals surface area contributed by atoms with Crippen LogP contribution >= 0.6 is 0 Å². The van der Waals surface area contributed by atoms with Crippen LogP contribution in [0.1, 0.15) is 19.3 Å². The van der Waals surface area contributed by atoms with Crippen molar-refractivity contribution >= 4 is 11.6 Å². The van der Waals surface area contributed by atoms with Gasteiger partial charge in [0.2, 0.25) is 12.7 Å². The SMILES string of the molecule is O=C(CCCC[n+]1ccccc1)Nc1ccc2c(c1)OCO2. The van der Waals surface area contributed by atoms with E-state index in [0.717, 1.165) is 30.8 Å². The van der Waals surface area contributed by atoms with Gasteiger partial charge in [-0.3, -0.25) is 4.79 Å². The molecule has 1 aliphatic rings. The molecule has 114 valence electrons. The lowest BCUT2D eigenvalue weighted by molar-refractivity contribution is -0.697. The van der Waals surface area contributed by atoms with Gasteiger partial charge in [-0.05, 0) is 18.6 Å². The average molecular weight is 299 g/mol. The predicted octanol–water partition coefficient (Wildman–Crippen LogP) is 2.51. The molecule has 0 bridgehead atoms. The van der Waals surface area contributed by atoms with E-state index in [1.807, 2.05) is 42.7 Å². The molecule has 5 nitrogen and oxygen atoms in total. The molecule has 1 amide bonds. The molecule has 0 radical (unpaired) electrons. The maximum atomic E-state index is 11.9. The van der Waals surface area contributed by atoms with E-state index in [9.17, 15) is 4.79 Å². The van der Waals surface area contributed by atoms with E-state index in [4.69, 9.17) is 9.47 Å². The number of carbonyl (C=O) groups is 1. The number of ether oxygens (including phenoxy) is 2. The van der Waals surface area contributed by atoms with Crippen LogP contribution in [0.5, 0.6) is 11.5 Å². The molecule has 0 spiro atoms. The Morgan fingerprint density at radius 1 is 1.09 bits per heavy atom. The van der Waals surface area contributed by atoms with Crippen molar-refractivity contribution in [2.45, 2.75) is 25.8 Å². The number of amides is 1. The zero-order valence-corrected chi connectivity index (χ0v) is 12.3. The third-order valence-corrected chi connectivity index (χ3v) is 3.50. The number of aromatic nitrogens is 1. The van der Waals surface area contributed by atoms with E-state index in [-0.39, 0.29) is 12.7 Å². The Morgan fingerprint density at radius 2 is 1.91 bits per heavy atom. The molecule has 1 aromatic heterocycles. The number of anilines is 1. The minimum Gasteiger partial charge on any atom is -0.454 e. The molecule has 3 rings (SSSR count). The summed E-state index contributed by atoms with van der Waals surface area (Å²) in [5.74, 6) is 1.42. The lowest BCUT2D eigenvalue weighted by Crippen LogP contribution is -2.32. The van der Waals surface area contributed by atoms with Crippen molar-refractivity contribution in [2.75, 3.05) is 12.1 Å². The maximum Gasteiger partial charge on any atom is 0.231 e. The van der Waals surface area contributed by atoms with Crippen LogP contribution in [0, 0.1) is 0 Å². The van der Waals surface area contributed by atoms with Crippen molar-refractivity contribution in [1.82, 2.24) is 0 Å². The Morgan fingerprint density at radius 3 is 2.77 bits per heavy atom. The molecule has 0 saturated heterocycles. The molecule has 2 aromatic rings. The second-order valence-corrected chi connectivity index (χ2v) is 5.19. The molecule has 0 fully saturated rings. The number of rotatable bonds is 6. The van der Waals surface area contributed by atoms with Crippen LogP contribution in [0.3, 0.4) is 0 Å². The summed E-state index contributed by atoms with van der Waals surface area (Å²) >= 11 is 0. The van der Waals surface area contributed by atoms with E-state index >= 15 is 0 Å². The third kappa shape index (κ3) is 3.75. The van der Waals surface area contributed by atoms with Gasteiger partial charge in [0, 0.05) is 36.7 Å². The summed E-state index contributed by atoms with van der Waals surface area (Å²) in [6.07, 6.45) is 6.42. The fraction of sp³-hybridized carbons (Fsp3) is 0.294. The summed E-state index contributed by atoms with van der Waals surface area (Å²) < 4.78 is 12.7. The zero-order chi connectivity index (χ0) is 15.2. The predicted molar refractivity (Wildman–Crippen MR) is 81.7 cm³/mol. The third-order valence-electron chi connectivity index (χ3n) is 3.50. The average Bonchev–Trinajstić information content (AvgIpc) is 3.00. The number of hydrogen-bond acceptors (Lipinski definition) is 3. The number of carbonyl (C=O) groups excluding carboxylic acids is 1. The lowest BCUT2D eigenvalue weighted by Gasteiger charge is -2.05. The Bertz CT molecular complexity index is 644. The normalized spacial score (nSPS) is 12.2. The van der Waals surface area contributed by atoms with Crippen LogP contribution < -0.4 is 19.4 Å². The van der Waals surface area contributed by atoms with Gasteiger partial charge in [0.05, 0.1) is 0 Å². The fourth-order valence-corrected chi connectivity index (χ4v) is 2.36. The van der Waals surface area contributed by atoms with Gasteiger partial charge in [-0.25, -0.2) is 4.57 Å². The Labute approximate surface area is 129 Å². The number of benzene rings is 1. The summed E-state index contributed by atoms with van der Waals surface area (Å²) in [6, 6.07) is 11.4. The molecule has 0 aliphatic carbocycles. The number of unbranched alkanes of at least 4 members (excludes halogenated alkanes) is 1. The van der Waals surface area contributed by atoms with Crippen molar-refractivity contribution < 1.29 is 18.8 Å². The van der Waals surface area contributed by atoms with E-state index in [1.165, 1.54) is 0 Å². The number of nitrogens with one attached hydrogen (secondary N) is 1. The summed E-state index contributed by atoms with van der Waals surface area (Å²) in [4.78, 5) is 11.9. The van der Waals surface area contributed by atoms with E-state index in [1.54, 1.807) is 6.07 Å². The molecule has 5 heteroatoms. The molecule has 1 aliphatic heterocycles. The van der Waals surface area contributed by atoms with Crippen LogP contribution in [0.15, 0.2) is 48.8 Å². The first-order valence-corrected chi connectivity index (χ1v) is 7.45. The van der Waals surface area contributed by atoms with Gasteiger partial charge in [-0.2, -0.15) is 0 Å². The van der Waals surface area contributed by atoms with Crippen LogP contribution in [0.2, 0.25) is 0 Å². The minimum absolute atomic E-state index is 0.0249. The van der Waals surface area contributed by atoms with Crippen LogP contribution in [-0.4, -0.2) is 12.7 Å². The summed E-state index contributed by atoms with van der Waals surface area (Å²) in [5, 5.41) is 2.89. The molecule has 0 unspecified atom stereocenters. The highest BCUT2D eigenvalue weighted by atomic mass is 16.7. The van der Waals surface area contributed by atoms with E-state index in [0.29, 0.717) is 12.2 Å². The van der Waals surface area contributed by atoms with Crippen molar-refractivity contribution in [3.8, 4) is 11.5 Å². The van der Waals surface area contributed by atoms with Crippen molar-refractivity contribution in [3.05, 3.63) is 48.8 Å². The largest absolute Gasteiger partial charge is 0.454 e. The number of fused-ring (bicyclic) bond motifs is 1. The van der Waals surface area contributed by atoms with Crippen molar-refractivity contribution in [3.63, 3.8) is 0 Å². The topological polar surface area (TPSA) is 51.4 Å². The molecule has 0 saturated carbocycles. The summed E-state index contributed by atoms with van der Waals surface area (Å²) in [6.45, 7) is 1.17. The van der Waals surface area contributed by atoms with Gasteiger partial charge < -0.3 is 14.8 Å². The van der Waals surface area contributed by atoms with Gasteiger partial charge >= 0.3 is 0 Å². The van der Waals surface area contributed by atoms with Crippen LogP contribution in [0.25, 0.3) is 0 Å². The first-order chi connectivity index (χ1) is 10.8. The molecule has 1 N–H and O–H groups in total. The van der Waals surface area contributed by atoms with E-state index < -0.39 is 0 Å². The zero-order valence-electron chi connectivity index (χ0n) is 12.3. The first kappa shape index (κ1) is 14.4. The summed E-state index contributed by atoms with van der Waals surface area (Å²) in [5.41, 5.74) is 0.742. The maximum absolute atomic E-state index is 11.9. The Hall–Kier alpha value is -2.56. The van der Waals surface area contributed by atoms with E-state index in [2.05, 4.69) is 9.88 Å². The van der Waals surface area contributed by atoms with Crippen molar-refractivity contribution in [1.29, 1.82) is 0 Å². The highest BCUT2D eigenvalue weighted by Crippen LogP contribution is 2.34. The second-order valence-electron chi connectivity index (χ2n) is 5.19. The number of hydrogen-bond donors (Lipinski definition) is 1. The van der Waals surface area contributed by atoms with Gasteiger partial charge in [0.1, 0.15) is 6.54 Å². The van der Waals surface area contributed by atoms with Gasteiger partial charge in [0.15, 0.2) is 23.9 Å². The highest BCUT2D eigenvalue weighted by molar-refractivity contribution is 5.91. The molecule has 22 heavy (non-hydrogen) atoms. The lowest BCUT2D eigenvalue weighted by atomic mass is 10.2. The fourth-order valence-electron chi connectivity index (χ4n) is 2.36. The summed E-state index contributed by atoms with van der Waals surface area (Å²) in [7, 11) is 0. The monoisotopic (exact) mass is 299 g/mol. The molecule has 1 aromatic carbocycles. The second kappa shape index (κ2) is 6.93. The molecule has 2 heterocycles.